The maximum Gasteiger partial charge on any atom is 1.00 e. The number of methoxy groups -OCH3 is 2. The van der Waals surface area contributed by atoms with Gasteiger partial charge in [-0.15, -0.1) is 0 Å². The van der Waals surface area contributed by atoms with Crippen molar-refractivity contribution in [3.63, 3.8) is 0 Å². The summed E-state index contributed by atoms with van der Waals surface area (Å²) in [4.78, 5) is 15.5. The summed E-state index contributed by atoms with van der Waals surface area (Å²) in [5.74, 6) is -0.633. The molecule has 0 fully saturated rings. The molecule has 0 aliphatic rings. The molecule has 0 aliphatic heterocycles. The molecule has 0 N–H and O–H groups in total. The molecule has 0 atom stereocenters. The van der Waals surface area contributed by atoms with Crippen LogP contribution < -0.4 is 39.4 Å². The van der Waals surface area contributed by atoms with Gasteiger partial charge in [-0.2, -0.15) is 5.10 Å². The molecule has 2 heterocycles. The SMILES string of the molecule is COCc1cc(-c2cccc(OC)c2)n2ncc(C(=O)[O-])c2n1.[Na+]. The molecule has 0 spiro atoms. The third kappa shape index (κ3) is 3.44. The van der Waals surface area contributed by atoms with E-state index in [1.54, 1.807) is 20.3 Å². The fourth-order valence-corrected chi connectivity index (χ4v) is 2.37. The van der Waals surface area contributed by atoms with Crippen molar-refractivity contribution in [2.75, 3.05) is 14.2 Å². The van der Waals surface area contributed by atoms with Crippen LogP contribution in [0.5, 0.6) is 5.75 Å². The molecule has 1 aromatic carbocycles. The summed E-state index contributed by atoms with van der Waals surface area (Å²) in [7, 11) is 3.13. The Balaban J connectivity index is 0.00000208. The first-order valence-corrected chi connectivity index (χ1v) is 6.86. The zero-order valence-electron chi connectivity index (χ0n) is 13.6. The van der Waals surface area contributed by atoms with Crippen LogP contribution in [0.1, 0.15) is 16.1 Å². The van der Waals surface area contributed by atoms with E-state index in [2.05, 4.69) is 10.1 Å². The molecule has 7 nitrogen and oxygen atoms in total. The number of hydrogen-bond acceptors (Lipinski definition) is 6. The number of carbonyl (C=O) groups is 1. The second kappa shape index (κ2) is 7.76. The standard InChI is InChI=1S/C16H15N3O4.Na/c1-22-9-11-7-14(10-4-3-5-12(6-10)23-2)19-15(18-11)13(8-17-19)16(20)21;/h3-8H,9H2,1-2H3,(H,20,21);/q;+1/p-1. The van der Waals surface area contributed by atoms with E-state index in [1.807, 2.05) is 24.3 Å². The van der Waals surface area contributed by atoms with E-state index >= 15 is 0 Å². The van der Waals surface area contributed by atoms with E-state index in [9.17, 15) is 9.90 Å². The van der Waals surface area contributed by atoms with Crippen LogP contribution in [0, 0.1) is 0 Å². The first kappa shape index (κ1) is 18.4. The maximum atomic E-state index is 11.2. The Morgan fingerprint density at radius 1 is 1.29 bits per heavy atom. The monoisotopic (exact) mass is 335 g/mol. The molecule has 0 bridgehead atoms. The second-order valence-corrected chi connectivity index (χ2v) is 4.88. The Morgan fingerprint density at radius 2 is 2.08 bits per heavy atom. The number of benzene rings is 1. The van der Waals surface area contributed by atoms with Gasteiger partial charge in [0.2, 0.25) is 0 Å². The number of ether oxygens (including phenoxy) is 2. The van der Waals surface area contributed by atoms with E-state index in [0.29, 0.717) is 17.1 Å². The minimum atomic E-state index is -1.32. The molecular weight excluding hydrogens is 321 g/mol. The van der Waals surface area contributed by atoms with Crippen LogP contribution in [-0.4, -0.2) is 34.8 Å². The van der Waals surface area contributed by atoms with E-state index in [1.165, 1.54) is 10.7 Å². The van der Waals surface area contributed by atoms with Gasteiger partial charge in [-0.1, -0.05) is 12.1 Å². The Labute approximate surface area is 160 Å². The molecule has 8 heteroatoms. The first-order chi connectivity index (χ1) is 11.1. The molecule has 0 unspecified atom stereocenters. The van der Waals surface area contributed by atoms with Crippen molar-refractivity contribution in [3.8, 4) is 17.0 Å². The van der Waals surface area contributed by atoms with Crippen molar-refractivity contribution in [2.45, 2.75) is 6.61 Å². The summed E-state index contributed by atoms with van der Waals surface area (Å²) in [6.07, 6.45) is 1.23. The summed E-state index contributed by atoms with van der Waals surface area (Å²) >= 11 is 0. The number of rotatable bonds is 5. The summed E-state index contributed by atoms with van der Waals surface area (Å²) in [5.41, 5.74) is 2.26. The molecule has 0 saturated carbocycles. The molecule has 118 valence electrons. The van der Waals surface area contributed by atoms with E-state index in [0.717, 1.165) is 5.56 Å². The number of carboxylic acids is 1. The Morgan fingerprint density at radius 3 is 2.75 bits per heavy atom. The van der Waals surface area contributed by atoms with Gasteiger partial charge in [0.1, 0.15) is 5.75 Å². The van der Waals surface area contributed by atoms with Crippen molar-refractivity contribution >= 4 is 11.6 Å². The molecule has 0 aliphatic carbocycles. The van der Waals surface area contributed by atoms with Gasteiger partial charge in [-0.05, 0) is 18.2 Å². The minimum absolute atomic E-state index is 0. The van der Waals surface area contributed by atoms with Crippen LogP contribution >= 0.6 is 0 Å². The number of carbonyl (C=O) groups excluding carboxylic acids is 1. The Bertz CT molecular complexity index is 879. The predicted molar refractivity (Wildman–Crippen MR) is 80.0 cm³/mol. The summed E-state index contributed by atoms with van der Waals surface area (Å²) in [6, 6.07) is 9.20. The predicted octanol–water partition coefficient (Wildman–Crippen LogP) is -2.08. The van der Waals surface area contributed by atoms with Crippen molar-refractivity contribution in [1.82, 2.24) is 14.6 Å². The molecule has 2 aromatic heterocycles. The van der Waals surface area contributed by atoms with Crippen molar-refractivity contribution in [2.24, 2.45) is 0 Å². The van der Waals surface area contributed by atoms with Gasteiger partial charge >= 0.3 is 29.6 Å². The van der Waals surface area contributed by atoms with E-state index in [4.69, 9.17) is 9.47 Å². The zero-order chi connectivity index (χ0) is 16.4. The largest absolute Gasteiger partial charge is 1.00 e. The molecule has 0 amide bonds. The average molecular weight is 335 g/mol. The normalized spacial score (nSPS) is 10.4. The Kier molecular flexibility index (Phi) is 5.95. The van der Waals surface area contributed by atoms with Gasteiger partial charge < -0.3 is 19.4 Å². The summed E-state index contributed by atoms with van der Waals surface area (Å²) in [6.45, 7) is 0.255. The van der Waals surface area contributed by atoms with Gasteiger partial charge in [-0.3, -0.25) is 0 Å². The fourth-order valence-electron chi connectivity index (χ4n) is 2.37. The first-order valence-electron chi connectivity index (χ1n) is 6.86. The van der Waals surface area contributed by atoms with E-state index in [-0.39, 0.29) is 47.4 Å². The van der Waals surface area contributed by atoms with Gasteiger partial charge in [0.05, 0.1) is 42.8 Å². The van der Waals surface area contributed by atoms with Crippen molar-refractivity contribution in [1.29, 1.82) is 0 Å². The molecule has 24 heavy (non-hydrogen) atoms. The van der Waals surface area contributed by atoms with Crippen molar-refractivity contribution in [3.05, 3.63) is 47.8 Å². The Hall–Kier alpha value is -1.93. The number of hydrogen-bond donors (Lipinski definition) is 0. The molecule has 3 aromatic rings. The van der Waals surface area contributed by atoms with Crippen molar-refractivity contribution < 1.29 is 48.9 Å². The third-order valence-electron chi connectivity index (χ3n) is 3.40. The molecular formula is C16H14N3NaO4. The van der Waals surface area contributed by atoms with Crippen LogP contribution in [0.3, 0.4) is 0 Å². The second-order valence-electron chi connectivity index (χ2n) is 4.88. The molecule has 0 saturated heterocycles. The minimum Gasteiger partial charge on any atom is -0.545 e. The quantitative estimate of drug-likeness (QED) is 0.497. The third-order valence-corrected chi connectivity index (χ3v) is 3.40. The van der Waals surface area contributed by atoms with Gasteiger partial charge in [-0.25, -0.2) is 9.50 Å². The number of aromatic carboxylic acids is 1. The van der Waals surface area contributed by atoms with Gasteiger partial charge in [0, 0.05) is 12.7 Å². The van der Waals surface area contributed by atoms with Gasteiger partial charge in [0.25, 0.3) is 0 Å². The number of nitrogens with zero attached hydrogens (tertiary/aromatic N) is 3. The fraction of sp³-hybridized carbons (Fsp3) is 0.188. The average Bonchev–Trinajstić information content (AvgIpc) is 2.98. The molecule has 3 rings (SSSR count). The summed E-state index contributed by atoms with van der Waals surface area (Å²) < 4.78 is 11.8. The zero-order valence-corrected chi connectivity index (χ0v) is 15.6. The number of fused-ring (bicyclic) bond motifs is 1. The summed E-state index contributed by atoms with van der Waals surface area (Å²) in [5, 5.41) is 15.4. The van der Waals surface area contributed by atoms with Crippen LogP contribution in [-0.2, 0) is 11.3 Å². The topological polar surface area (TPSA) is 88.8 Å². The van der Waals surface area contributed by atoms with Crippen LogP contribution in [0.4, 0.5) is 0 Å². The molecule has 0 radical (unpaired) electrons. The van der Waals surface area contributed by atoms with Crippen LogP contribution in [0.2, 0.25) is 0 Å². The number of aromatic nitrogens is 3. The maximum absolute atomic E-state index is 11.2. The smallest absolute Gasteiger partial charge is 0.545 e. The van der Waals surface area contributed by atoms with Crippen LogP contribution in [0.15, 0.2) is 36.5 Å². The van der Waals surface area contributed by atoms with Crippen LogP contribution in [0.25, 0.3) is 16.9 Å². The van der Waals surface area contributed by atoms with E-state index < -0.39 is 5.97 Å². The van der Waals surface area contributed by atoms with Gasteiger partial charge in [0.15, 0.2) is 5.65 Å². The number of carboxylic acid groups (broad SMARTS) is 1.